The molecule has 18 heavy (non-hydrogen) atoms. The van der Waals surface area contributed by atoms with Gasteiger partial charge in [0.2, 0.25) is 0 Å². The van der Waals surface area contributed by atoms with Crippen molar-refractivity contribution in [3.8, 4) is 0 Å². The first-order valence-electron chi connectivity index (χ1n) is 7.63. The van der Waals surface area contributed by atoms with E-state index in [1.54, 1.807) is 0 Å². The topological polar surface area (TPSA) is 0 Å². The second-order valence-corrected chi connectivity index (χ2v) is 14.5. The lowest BCUT2D eigenvalue weighted by atomic mass is 10.1. The van der Waals surface area contributed by atoms with Crippen molar-refractivity contribution in [3.05, 3.63) is 0 Å². The van der Waals surface area contributed by atoms with Gasteiger partial charge in [-0.2, -0.15) is 0 Å². The fourth-order valence-corrected chi connectivity index (χ4v) is 4.02. The fourth-order valence-electron chi connectivity index (χ4n) is 2.17. The first kappa shape index (κ1) is 19.1. The standard InChI is InChI=1S/C14H29Cl3Si/c1-2-3-4-5-6-7-8-9-10-11-12-13-14-18(15,16)17/h2-14H2,1H3. The van der Waals surface area contributed by atoms with Crippen LogP contribution >= 0.6 is 33.2 Å². The van der Waals surface area contributed by atoms with E-state index in [-0.39, 0.29) is 0 Å². The van der Waals surface area contributed by atoms with E-state index in [0.29, 0.717) is 0 Å². The van der Waals surface area contributed by atoms with Gasteiger partial charge in [0.1, 0.15) is 0 Å². The van der Waals surface area contributed by atoms with Crippen molar-refractivity contribution in [1.29, 1.82) is 0 Å². The van der Waals surface area contributed by atoms with Gasteiger partial charge >= 0.3 is 6.00 Å². The Labute approximate surface area is 129 Å². The lowest BCUT2D eigenvalue weighted by Crippen LogP contribution is -2.07. The Morgan fingerprint density at radius 3 is 1.22 bits per heavy atom. The predicted octanol–water partition coefficient (Wildman–Crippen LogP) is 7.34. The Morgan fingerprint density at radius 1 is 0.556 bits per heavy atom. The van der Waals surface area contributed by atoms with Gasteiger partial charge < -0.3 is 0 Å². The Bertz CT molecular complexity index is 169. The molecule has 0 aromatic rings. The lowest BCUT2D eigenvalue weighted by Gasteiger charge is -2.06. The van der Waals surface area contributed by atoms with E-state index in [9.17, 15) is 0 Å². The Morgan fingerprint density at radius 2 is 0.889 bits per heavy atom. The second-order valence-electron chi connectivity index (χ2n) is 5.25. The van der Waals surface area contributed by atoms with Gasteiger partial charge in [-0.05, 0) is 6.04 Å². The molecule has 0 spiro atoms. The summed E-state index contributed by atoms with van der Waals surface area (Å²) in [5.41, 5.74) is 0. The van der Waals surface area contributed by atoms with Crippen LogP contribution in [0.2, 0.25) is 6.04 Å². The van der Waals surface area contributed by atoms with Crippen LogP contribution in [0, 0.1) is 0 Å². The average molecular weight is 332 g/mol. The van der Waals surface area contributed by atoms with E-state index in [0.717, 1.165) is 12.5 Å². The molecule has 0 saturated heterocycles. The maximum Gasteiger partial charge on any atom is 0.341 e. The second kappa shape index (κ2) is 13.1. The van der Waals surface area contributed by atoms with Gasteiger partial charge in [0.15, 0.2) is 0 Å². The summed E-state index contributed by atoms with van der Waals surface area (Å²) in [5, 5.41) is 0. The SMILES string of the molecule is CCCCCCCCCCCCCC[Si](Cl)(Cl)Cl. The molecule has 0 aliphatic heterocycles. The zero-order valence-electron chi connectivity index (χ0n) is 11.8. The van der Waals surface area contributed by atoms with Gasteiger partial charge in [-0.15, -0.1) is 33.2 Å². The molecule has 0 unspecified atom stereocenters. The molecule has 0 aromatic heterocycles. The summed E-state index contributed by atoms with van der Waals surface area (Å²) in [5.74, 6) is 0. The fraction of sp³-hybridized carbons (Fsp3) is 1.00. The molecular formula is C14H29Cl3Si. The molecule has 0 amide bonds. The molecule has 0 aromatic carbocycles. The Kier molecular flexibility index (Phi) is 13.9. The number of hydrogen-bond donors (Lipinski definition) is 0. The summed E-state index contributed by atoms with van der Waals surface area (Å²) < 4.78 is 0. The highest BCUT2D eigenvalue weighted by molar-refractivity contribution is 7.64. The summed E-state index contributed by atoms with van der Waals surface area (Å²) in [6, 6.07) is -1.51. The van der Waals surface area contributed by atoms with E-state index in [2.05, 4.69) is 6.92 Å². The number of halogens is 3. The van der Waals surface area contributed by atoms with Gasteiger partial charge in [-0.3, -0.25) is 0 Å². The minimum Gasteiger partial charge on any atom is -0.126 e. The third-order valence-electron chi connectivity index (χ3n) is 3.31. The molecule has 4 heteroatoms. The summed E-state index contributed by atoms with van der Waals surface area (Å²) in [7, 11) is 0. The highest BCUT2D eigenvalue weighted by Crippen LogP contribution is 2.27. The molecule has 0 heterocycles. The van der Waals surface area contributed by atoms with Gasteiger partial charge in [0, 0.05) is 0 Å². The minimum atomic E-state index is -2.34. The van der Waals surface area contributed by atoms with Crippen molar-refractivity contribution >= 4 is 39.2 Å². The molecule has 0 aliphatic carbocycles. The van der Waals surface area contributed by atoms with Crippen molar-refractivity contribution in [1.82, 2.24) is 0 Å². The first-order valence-corrected chi connectivity index (χ1v) is 12.9. The Balaban J connectivity index is 2.99. The summed E-state index contributed by atoms with van der Waals surface area (Å²) in [4.78, 5) is 0. The van der Waals surface area contributed by atoms with E-state index in [1.165, 1.54) is 70.6 Å². The van der Waals surface area contributed by atoms with Gasteiger partial charge in [0.05, 0.1) is 0 Å². The van der Waals surface area contributed by atoms with Crippen LogP contribution in [0.5, 0.6) is 0 Å². The van der Waals surface area contributed by atoms with E-state index < -0.39 is 6.00 Å². The van der Waals surface area contributed by atoms with E-state index in [1.807, 2.05) is 0 Å². The largest absolute Gasteiger partial charge is 0.341 e. The molecule has 0 radical (unpaired) electrons. The van der Waals surface area contributed by atoms with Crippen molar-refractivity contribution < 1.29 is 0 Å². The summed E-state index contributed by atoms with van der Waals surface area (Å²) in [6.45, 7) is 2.27. The smallest absolute Gasteiger partial charge is 0.126 e. The van der Waals surface area contributed by atoms with Crippen molar-refractivity contribution in [2.75, 3.05) is 0 Å². The molecule has 0 rings (SSSR count). The van der Waals surface area contributed by atoms with Crippen molar-refractivity contribution in [2.24, 2.45) is 0 Å². The first-order chi connectivity index (χ1) is 8.56. The zero-order valence-corrected chi connectivity index (χ0v) is 15.1. The third kappa shape index (κ3) is 17.1. The van der Waals surface area contributed by atoms with E-state index in [4.69, 9.17) is 33.2 Å². The maximum atomic E-state index is 5.84. The molecule has 0 nitrogen and oxygen atoms in total. The predicted molar refractivity (Wildman–Crippen MR) is 89.2 cm³/mol. The molecule has 0 bridgehead atoms. The molecule has 0 saturated carbocycles. The average Bonchev–Trinajstić information content (AvgIpc) is 2.29. The zero-order chi connectivity index (χ0) is 13.7. The van der Waals surface area contributed by atoms with Crippen molar-refractivity contribution in [2.45, 2.75) is 90.0 Å². The van der Waals surface area contributed by atoms with Crippen LogP contribution in [0.4, 0.5) is 0 Å². The van der Waals surface area contributed by atoms with Gasteiger partial charge in [-0.1, -0.05) is 84.0 Å². The maximum absolute atomic E-state index is 5.84. The minimum absolute atomic E-state index is 0.828. The molecule has 0 N–H and O–H groups in total. The summed E-state index contributed by atoms with van der Waals surface area (Å²) >= 11 is 17.5. The third-order valence-corrected chi connectivity index (χ3v) is 5.94. The number of rotatable bonds is 13. The number of hydrogen-bond acceptors (Lipinski definition) is 0. The number of unbranched alkanes of at least 4 members (excludes halogenated alkanes) is 11. The van der Waals surface area contributed by atoms with Gasteiger partial charge in [0.25, 0.3) is 0 Å². The highest BCUT2D eigenvalue weighted by Gasteiger charge is 2.23. The lowest BCUT2D eigenvalue weighted by molar-refractivity contribution is 0.548. The summed E-state index contributed by atoms with van der Waals surface area (Å²) in [6.07, 6.45) is 16.3. The quantitative estimate of drug-likeness (QED) is 0.188. The van der Waals surface area contributed by atoms with Crippen LogP contribution in [0.15, 0.2) is 0 Å². The van der Waals surface area contributed by atoms with Crippen LogP contribution in [-0.4, -0.2) is 6.00 Å². The molecule has 110 valence electrons. The normalized spacial score (nSPS) is 12.0. The molecule has 0 atom stereocenters. The Hall–Kier alpha value is 1.09. The van der Waals surface area contributed by atoms with Crippen LogP contribution in [-0.2, 0) is 0 Å². The van der Waals surface area contributed by atoms with Crippen LogP contribution in [0.1, 0.15) is 84.0 Å². The van der Waals surface area contributed by atoms with Crippen LogP contribution < -0.4 is 0 Å². The molecule has 0 fully saturated rings. The molecule has 0 aliphatic rings. The van der Waals surface area contributed by atoms with Crippen molar-refractivity contribution in [3.63, 3.8) is 0 Å². The van der Waals surface area contributed by atoms with Crippen LogP contribution in [0.25, 0.3) is 0 Å². The van der Waals surface area contributed by atoms with E-state index >= 15 is 0 Å². The highest BCUT2D eigenvalue weighted by atomic mass is 35.8. The monoisotopic (exact) mass is 330 g/mol. The van der Waals surface area contributed by atoms with Gasteiger partial charge in [-0.25, -0.2) is 0 Å². The molecular weight excluding hydrogens is 303 g/mol. The van der Waals surface area contributed by atoms with Crippen LogP contribution in [0.3, 0.4) is 0 Å².